The molecule has 0 aliphatic carbocycles. The highest BCUT2D eigenvalue weighted by Gasteiger charge is 2.30. The molecule has 1 saturated heterocycles. The van der Waals surface area contributed by atoms with Crippen LogP contribution >= 0.6 is 0 Å². The van der Waals surface area contributed by atoms with Crippen LogP contribution in [0.15, 0.2) is 0 Å². The van der Waals surface area contributed by atoms with Gasteiger partial charge in [-0.3, -0.25) is 0 Å². The van der Waals surface area contributed by atoms with Crippen molar-refractivity contribution in [3.05, 3.63) is 0 Å². The summed E-state index contributed by atoms with van der Waals surface area (Å²) in [6.45, 7) is 3.36. The Morgan fingerprint density at radius 3 is 2.33 bits per heavy atom. The van der Waals surface area contributed by atoms with E-state index in [1.54, 1.807) is 13.8 Å². The lowest BCUT2D eigenvalue weighted by Crippen LogP contribution is -2.51. The van der Waals surface area contributed by atoms with Crippen LogP contribution in [0, 0.1) is 5.92 Å². The smallest absolute Gasteiger partial charge is 0.326 e. The molecule has 0 unspecified atom stereocenters. The Kier molecular flexibility index (Phi) is 4.55. The molecule has 0 radical (unpaired) electrons. The number of aliphatic carboxylic acids is 1. The van der Waals surface area contributed by atoms with Gasteiger partial charge in [-0.25, -0.2) is 18.0 Å². The van der Waals surface area contributed by atoms with Crippen molar-refractivity contribution >= 4 is 21.8 Å². The molecular formula is C10H18N2O5S. The van der Waals surface area contributed by atoms with E-state index >= 15 is 0 Å². The highest BCUT2D eigenvalue weighted by molar-refractivity contribution is 7.91. The lowest BCUT2D eigenvalue weighted by molar-refractivity contribution is -0.140. The summed E-state index contributed by atoms with van der Waals surface area (Å²) in [6, 6.07) is -2.06. The quantitative estimate of drug-likeness (QED) is 0.646. The van der Waals surface area contributed by atoms with Crippen LogP contribution in [0.5, 0.6) is 0 Å². The zero-order chi connectivity index (χ0) is 13.9. The molecule has 8 heteroatoms. The summed E-state index contributed by atoms with van der Waals surface area (Å²) >= 11 is 0. The molecule has 0 aromatic carbocycles. The van der Waals surface area contributed by atoms with E-state index in [-0.39, 0.29) is 17.4 Å². The van der Waals surface area contributed by atoms with E-state index in [0.717, 1.165) is 0 Å². The molecule has 1 heterocycles. The number of carbonyl (C=O) groups excluding carboxylic acids is 1. The zero-order valence-corrected chi connectivity index (χ0v) is 11.2. The third kappa shape index (κ3) is 4.17. The largest absolute Gasteiger partial charge is 0.480 e. The van der Waals surface area contributed by atoms with Crippen molar-refractivity contribution in [1.82, 2.24) is 10.6 Å². The maximum atomic E-state index is 11.5. The van der Waals surface area contributed by atoms with E-state index < -0.39 is 33.9 Å². The Labute approximate surface area is 106 Å². The van der Waals surface area contributed by atoms with Crippen molar-refractivity contribution in [3.63, 3.8) is 0 Å². The van der Waals surface area contributed by atoms with Crippen LogP contribution in [0.1, 0.15) is 20.3 Å². The number of nitrogens with one attached hydrogen (secondary N) is 2. The molecule has 18 heavy (non-hydrogen) atoms. The van der Waals surface area contributed by atoms with Crippen LogP contribution in [0.25, 0.3) is 0 Å². The van der Waals surface area contributed by atoms with Gasteiger partial charge in [-0.15, -0.1) is 0 Å². The lowest BCUT2D eigenvalue weighted by atomic mass is 10.1. The predicted octanol–water partition coefficient (Wildman–Crippen LogP) is -0.418. The summed E-state index contributed by atoms with van der Waals surface area (Å²) in [7, 11) is -3.06. The predicted molar refractivity (Wildman–Crippen MR) is 65.0 cm³/mol. The van der Waals surface area contributed by atoms with Crippen molar-refractivity contribution in [2.24, 2.45) is 5.92 Å². The molecule has 3 N–H and O–H groups in total. The van der Waals surface area contributed by atoms with Gasteiger partial charge in [-0.1, -0.05) is 13.8 Å². The molecule has 0 saturated carbocycles. The van der Waals surface area contributed by atoms with Gasteiger partial charge in [-0.2, -0.15) is 0 Å². The number of carbonyl (C=O) groups is 2. The topological polar surface area (TPSA) is 113 Å². The molecule has 0 bridgehead atoms. The van der Waals surface area contributed by atoms with Crippen molar-refractivity contribution < 1.29 is 23.1 Å². The summed E-state index contributed by atoms with van der Waals surface area (Å²) in [5, 5.41) is 13.7. The second kappa shape index (κ2) is 5.55. The van der Waals surface area contributed by atoms with E-state index in [2.05, 4.69) is 10.6 Å². The SMILES string of the molecule is CC(C)[C@H](NC(=O)N[C@H]1CCS(=O)(=O)C1)C(=O)O. The molecule has 1 aliphatic rings. The van der Waals surface area contributed by atoms with Gasteiger partial charge in [0.15, 0.2) is 9.84 Å². The maximum absolute atomic E-state index is 11.5. The third-order valence-electron chi connectivity index (χ3n) is 2.79. The Morgan fingerprint density at radius 2 is 1.94 bits per heavy atom. The second-order valence-corrected chi connectivity index (χ2v) is 7.01. The van der Waals surface area contributed by atoms with E-state index in [1.165, 1.54) is 0 Å². The van der Waals surface area contributed by atoms with Crippen LogP contribution in [-0.2, 0) is 14.6 Å². The average Bonchev–Trinajstić information content (AvgIpc) is 2.53. The molecule has 1 aliphatic heterocycles. The first kappa shape index (κ1) is 14.7. The molecule has 2 amide bonds. The summed E-state index contributed by atoms with van der Waals surface area (Å²) in [5.74, 6) is -1.38. The van der Waals surface area contributed by atoms with Gasteiger partial charge < -0.3 is 15.7 Å². The summed E-state index contributed by atoms with van der Waals surface area (Å²) in [6.07, 6.45) is 0.370. The first-order valence-electron chi connectivity index (χ1n) is 5.71. The summed E-state index contributed by atoms with van der Waals surface area (Å²) < 4.78 is 22.4. The zero-order valence-electron chi connectivity index (χ0n) is 10.3. The number of urea groups is 1. The first-order valence-corrected chi connectivity index (χ1v) is 7.53. The molecule has 0 aromatic heterocycles. The van der Waals surface area contributed by atoms with Crippen LogP contribution in [0.2, 0.25) is 0 Å². The lowest BCUT2D eigenvalue weighted by Gasteiger charge is -2.19. The minimum Gasteiger partial charge on any atom is -0.480 e. The van der Waals surface area contributed by atoms with Gasteiger partial charge in [0, 0.05) is 6.04 Å². The number of amides is 2. The van der Waals surface area contributed by atoms with Crippen LogP contribution < -0.4 is 10.6 Å². The Morgan fingerprint density at radius 1 is 1.33 bits per heavy atom. The fourth-order valence-electron chi connectivity index (χ4n) is 1.79. The minimum atomic E-state index is -3.06. The van der Waals surface area contributed by atoms with Crippen molar-refractivity contribution in [3.8, 4) is 0 Å². The van der Waals surface area contributed by atoms with Crippen LogP contribution in [-0.4, -0.2) is 49.1 Å². The molecule has 7 nitrogen and oxygen atoms in total. The molecular weight excluding hydrogens is 260 g/mol. The van der Waals surface area contributed by atoms with Gasteiger partial charge in [0.25, 0.3) is 0 Å². The van der Waals surface area contributed by atoms with Crippen LogP contribution in [0.3, 0.4) is 0 Å². The number of rotatable bonds is 4. The van der Waals surface area contributed by atoms with E-state index in [0.29, 0.717) is 6.42 Å². The van der Waals surface area contributed by atoms with Gasteiger partial charge in [0.1, 0.15) is 6.04 Å². The number of carboxylic acid groups (broad SMARTS) is 1. The monoisotopic (exact) mass is 278 g/mol. The van der Waals surface area contributed by atoms with Crippen molar-refractivity contribution in [1.29, 1.82) is 0 Å². The van der Waals surface area contributed by atoms with E-state index in [9.17, 15) is 18.0 Å². The molecule has 2 atom stereocenters. The number of carboxylic acids is 1. The fraction of sp³-hybridized carbons (Fsp3) is 0.800. The van der Waals surface area contributed by atoms with Gasteiger partial charge >= 0.3 is 12.0 Å². The maximum Gasteiger partial charge on any atom is 0.326 e. The van der Waals surface area contributed by atoms with Crippen LogP contribution in [0.4, 0.5) is 4.79 Å². The Bertz CT molecular complexity index is 432. The van der Waals surface area contributed by atoms with Gasteiger partial charge in [0.05, 0.1) is 11.5 Å². The Balaban J connectivity index is 2.49. The molecule has 0 aromatic rings. The standard InChI is InChI=1S/C10H18N2O5S/c1-6(2)8(9(13)14)12-10(15)11-7-3-4-18(16,17)5-7/h6-8H,3-5H2,1-2H3,(H,13,14)(H2,11,12,15)/t7-,8-/m0/s1. The van der Waals surface area contributed by atoms with Crippen molar-refractivity contribution in [2.75, 3.05) is 11.5 Å². The molecule has 1 rings (SSSR count). The third-order valence-corrected chi connectivity index (χ3v) is 4.55. The summed E-state index contributed by atoms with van der Waals surface area (Å²) in [5.41, 5.74) is 0. The minimum absolute atomic E-state index is 0.0600. The normalized spacial score (nSPS) is 23.6. The fourth-order valence-corrected chi connectivity index (χ4v) is 3.46. The number of hydrogen-bond acceptors (Lipinski definition) is 4. The average molecular weight is 278 g/mol. The van der Waals surface area contributed by atoms with Gasteiger partial charge in [-0.05, 0) is 12.3 Å². The van der Waals surface area contributed by atoms with E-state index in [4.69, 9.17) is 5.11 Å². The van der Waals surface area contributed by atoms with Gasteiger partial charge in [0.2, 0.25) is 0 Å². The molecule has 0 spiro atoms. The van der Waals surface area contributed by atoms with E-state index in [1.807, 2.05) is 0 Å². The summed E-state index contributed by atoms with van der Waals surface area (Å²) in [4.78, 5) is 22.4. The number of sulfone groups is 1. The first-order chi connectivity index (χ1) is 8.21. The number of hydrogen-bond donors (Lipinski definition) is 3. The highest BCUT2D eigenvalue weighted by Crippen LogP contribution is 2.11. The highest BCUT2D eigenvalue weighted by atomic mass is 32.2. The second-order valence-electron chi connectivity index (χ2n) is 4.78. The molecule has 1 fully saturated rings. The molecule has 104 valence electrons. The van der Waals surface area contributed by atoms with Crippen molar-refractivity contribution in [2.45, 2.75) is 32.4 Å². The Hall–Kier alpha value is -1.31.